The summed E-state index contributed by atoms with van der Waals surface area (Å²) in [7, 11) is -0.0528. The van der Waals surface area contributed by atoms with Crippen LogP contribution in [0.25, 0.3) is 0 Å². The third-order valence-corrected chi connectivity index (χ3v) is 3.57. The van der Waals surface area contributed by atoms with E-state index in [1.165, 1.54) is 18.0 Å². The number of alkyl halides is 3. The minimum atomic E-state index is -4.92. The van der Waals surface area contributed by atoms with E-state index < -0.39 is 31.2 Å². The van der Waals surface area contributed by atoms with Crippen molar-refractivity contribution < 1.29 is 41.5 Å². The van der Waals surface area contributed by atoms with Gasteiger partial charge in [0.1, 0.15) is 11.5 Å². The predicted molar refractivity (Wildman–Crippen MR) is 93.1 cm³/mol. The molecule has 0 aromatic heterocycles. The van der Waals surface area contributed by atoms with E-state index in [9.17, 15) is 22.8 Å². The molecular formula is C17H19BF3NO6. The van der Waals surface area contributed by atoms with Crippen molar-refractivity contribution in [1.82, 2.24) is 4.90 Å². The molecule has 1 aromatic carbocycles. The summed E-state index contributed by atoms with van der Waals surface area (Å²) in [5.74, 6) is -1.92. The monoisotopic (exact) mass is 401 g/mol. The van der Waals surface area contributed by atoms with Gasteiger partial charge in [0.2, 0.25) is 0 Å². The number of carbonyl (C=O) groups excluding carboxylic acids is 2. The first-order valence-electron chi connectivity index (χ1n) is 8.32. The van der Waals surface area contributed by atoms with E-state index in [1.54, 1.807) is 13.0 Å². The van der Waals surface area contributed by atoms with E-state index >= 15 is 0 Å². The highest BCUT2D eigenvalue weighted by atomic mass is 19.4. The molecule has 1 aliphatic heterocycles. The molecular weight excluding hydrogens is 382 g/mol. The molecule has 7 nitrogen and oxygen atoms in total. The van der Waals surface area contributed by atoms with Crippen molar-refractivity contribution in [1.29, 1.82) is 0 Å². The number of carbonyl (C=O) groups is 2. The lowest BCUT2D eigenvalue weighted by Crippen LogP contribution is -2.48. The lowest BCUT2D eigenvalue weighted by molar-refractivity contribution is -0.274. The molecule has 1 fully saturated rings. The molecule has 1 aromatic rings. The average molecular weight is 401 g/mol. The highest BCUT2D eigenvalue weighted by molar-refractivity contribution is 6.65. The van der Waals surface area contributed by atoms with Crippen LogP contribution in [-0.4, -0.2) is 56.6 Å². The van der Waals surface area contributed by atoms with E-state index in [0.717, 1.165) is 12.1 Å². The lowest BCUT2D eigenvalue weighted by Gasteiger charge is -2.24. The highest BCUT2D eigenvalue weighted by Crippen LogP contribution is 2.25. The minimum absolute atomic E-state index is 0.0797. The maximum absolute atomic E-state index is 12.6. The maximum atomic E-state index is 12.6. The van der Waals surface area contributed by atoms with Gasteiger partial charge < -0.3 is 18.8 Å². The Morgan fingerprint density at radius 3 is 2.43 bits per heavy atom. The minimum Gasteiger partial charge on any atom is -0.494 e. The first-order chi connectivity index (χ1) is 13.1. The van der Waals surface area contributed by atoms with Crippen molar-refractivity contribution in [3.05, 3.63) is 30.9 Å². The molecule has 0 radical (unpaired) electrons. The Balaban J connectivity index is 2.40. The third kappa shape index (κ3) is 6.48. The molecule has 152 valence electrons. The molecule has 1 heterocycles. The molecule has 2 rings (SSSR count). The number of hydrogen-bond acceptors (Lipinski definition) is 7. The van der Waals surface area contributed by atoms with Crippen molar-refractivity contribution >= 4 is 24.5 Å². The quantitative estimate of drug-likeness (QED) is 0.530. The molecule has 28 heavy (non-hydrogen) atoms. The van der Waals surface area contributed by atoms with Crippen LogP contribution in [0.1, 0.15) is 13.3 Å². The summed E-state index contributed by atoms with van der Waals surface area (Å²) < 4.78 is 57.6. The number of ether oxygens (including phenoxy) is 2. The van der Waals surface area contributed by atoms with Gasteiger partial charge in [0.15, 0.2) is 0 Å². The zero-order chi connectivity index (χ0) is 20.9. The summed E-state index contributed by atoms with van der Waals surface area (Å²) in [6.07, 6.45) is -3.24. The second-order valence-electron chi connectivity index (χ2n) is 6.18. The Labute approximate surface area is 160 Å². The Hall–Kier alpha value is -2.69. The molecule has 11 heteroatoms. The van der Waals surface area contributed by atoms with Gasteiger partial charge in [-0.1, -0.05) is 6.08 Å². The van der Waals surface area contributed by atoms with Crippen molar-refractivity contribution in [3.63, 3.8) is 0 Å². The molecule has 0 amide bonds. The van der Waals surface area contributed by atoms with Crippen LogP contribution in [0.5, 0.6) is 11.5 Å². The second-order valence-corrected chi connectivity index (χ2v) is 6.18. The van der Waals surface area contributed by atoms with Crippen LogP contribution < -0.4 is 14.9 Å². The van der Waals surface area contributed by atoms with Gasteiger partial charge in [-0.15, -0.1) is 19.8 Å². The largest absolute Gasteiger partial charge is 0.640 e. The molecule has 1 saturated heterocycles. The summed E-state index contributed by atoms with van der Waals surface area (Å²) in [5.41, 5.74) is -0.0797. The fourth-order valence-corrected chi connectivity index (χ4v) is 2.48. The molecule has 0 bridgehead atoms. The summed E-state index contributed by atoms with van der Waals surface area (Å²) in [4.78, 5) is 25.3. The van der Waals surface area contributed by atoms with Crippen LogP contribution in [0.15, 0.2) is 30.9 Å². The van der Waals surface area contributed by atoms with E-state index in [2.05, 4.69) is 11.3 Å². The topological polar surface area (TPSA) is 74.3 Å². The Bertz CT molecular complexity index is 722. The van der Waals surface area contributed by atoms with Gasteiger partial charge in [-0.3, -0.25) is 14.5 Å². The van der Waals surface area contributed by atoms with E-state index in [-0.39, 0.29) is 30.4 Å². The van der Waals surface area contributed by atoms with Crippen molar-refractivity contribution in [2.75, 3.05) is 20.1 Å². The van der Waals surface area contributed by atoms with Crippen molar-refractivity contribution in [2.45, 2.75) is 25.8 Å². The SMILES string of the molecule is C=CC[C@H](C)Oc1ccc(OC(F)(F)F)cc1B1OC(=O)CN(C)CC(=O)O1. The zero-order valence-corrected chi connectivity index (χ0v) is 15.3. The van der Waals surface area contributed by atoms with Crippen molar-refractivity contribution in [2.24, 2.45) is 0 Å². The van der Waals surface area contributed by atoms with Gasteiger partial charge in [0.25, 0.3) is 0 Å². The summed E-state index contributed by atoms with van der Waals surface area (Å²) in [6, 6.07) is 3.23. The first-order valence-corrected chi connectivity index (χ1v) is 8.32. The highest BCUT2D eigenvalue weighted by Gasteiger charge is 2.38. The Kier molecular flexibility index (Phi) is 6.95. The molecule has 0 saturated carbocycles. The van der Waals surface area contributed by atoms with Crippen molar-refractivity contribution in [3.8, 4) is 11.5 Å². The lowest BCUT2D eigenvalue weighted by atomic mass is 9.77. The fourth-order valence-electron chi connectivity index (χ4n) is 2.48. The first kappa shape index (κ1) is 21.6. The van der Waals surface area contributed by atoms with Crippen LogP contribution in [0.4, 0.5) is 13.2 Å². The van der Waals surface area contributed by atoms with E-state index in [0.29, 0.717) is 6.42 Å². The maximum Gasteiger partial charge on any atom is 0.640 e. The second kappa shape index (κ2) is 9.00. The van der Waals surface area contributed by atoms with Crippen LogP contribution in [0.3, 0.4) is 0 Å². The number of hydrogen-bond donors (Lipinski definition) is 0. The molecule has 0 N–H and O–H groups in total. The number of likely N-dealkylation sites (N-methyl/N-ethyl adjacent to an activating group) is 1. The number of nitrogens with zero attached hydrogens (tertiary/aromatic N) is 1. The Morgan fingerprint density at radius 2 is 1.89 bits per heavy atom. The Morgan fingerprint density at radius 1 is 1.29 bits per heavy atom. The molecule has 0 aliphatic carbocycles. The third-order valence-electron chi connectivity index (χ3n) is 3.57. The summed E-state index contributed by atoms with van der Waals surface area (Å²) in [5, 5.41) is 0. The van der Waals surface area contributed by atoms with Gasteiger partial charge in [-0.25, -0.2) is 0 Å². The molecule has 1 aliphatic rings. The summed E-state index contributed by atoms with van der Waals surface area (Å²) in [6.45, 7) is 4.94. The van der Waals surface area contributed by atoms with Gasteiger partial charge in [0, 0.05) is 6.42 Å². The van der Waals surface area contributed by atoms with Gasteiger partial charge in [0.05, 0.1) is 24.7 Å². The molecule has 0 spiro atoms. The molecule has 0 unspecified atom stereocenters. The number of benzene rings is 1. The summed E-state index contributed by atoms with van der Waals surface area (Å²) >= 11 is 0. The number of rotatable bonds is 6. The van der Waals surface area contributed by atoms with Gasteiger partial charge in [-0.05, 0) is 32.2 Å². The predicted octanol–water partition coefficient (Wildman–Crippen LogP) is 1.66. The fraction of sp³-hybridized carbons (Fsp3) is 0.412. The van der Waals surface area contributed by atoms with E-state index in [1.807, 2.05) is 0 Å². The van der Waals surface area contributed by atoms with Gasteiger partial charge in [-0.2, -0.15) is 0 Å². The number of halogens is 3. The van der Waals surface area contributed by atoms with E-state index in [4.69, 9.17) is 14.0 Å². The average Bonchev–Trinajstić information content (AvgIpc) is 2.52. The zero-order valence-electron chi connectivity index (χ0n) is 15.3. The van der Waals surface area contributed by atoms with Crippen LogP contribution >= 0.6 is 0 Å². The van der Waals surface area contributed by atoms with Gasteiger partial charge >= 0.3 is 25.4 Å². The smallest absolute Gasteiger partial charge is 0.494 e. The van der Waals surface area contributed by atoms with Crippen LogP contribution in [0.2, 0.25) is 0 Å². The van der Waals surface area contributed by atoms with Crippen LogP contribution in [0, 0.1) is 0 Å². The standard InChI is InChI=1S/C17H19BF3NO6/c1-4-5-11(2)25-14-7-6-12(26-17(19,20)21)8-13(14)18-27-15(23)9-22(3)10-16(24)28-18/h4,6-8,11H,1,5,9-10H2,2-3H3/t11-/m0/s1. The molecule has 1 atom stereocenters. The van der Waals surface area contributed by atoms with Crippen LogP contribution in [-0.2, 0) is 18.9 Å². The normalized spacial score (nSPS) is 17.1.